The second-order valence-corrected chi connectivity index (χ2v) is 3.77. The highest BCUT2D eigenvalue weighted by Crippen LogP contribution is 2.23. The maximum absolute atomic E-state index is 5.78. The van der Waals surface area contributed by atoms with Crippen molar-refractivity contribution in [2.24, 2.45) is 0 Å². The third-order valence-corrected chi connectivity index (χ3v) is 2.63. The van der Waals surface area contributed by atoms with E-state index in [1.165, 1.54) is 0 Å². The number of nitrogen functional groups attached to an aromatic ring is 1. The Labute approximate surface area is 103 Å². The van der Waals surface area contributed by atoms with Crippen LogP contribution in [0.2, 0.25) is 0 Å². The van der Waals surface area contributed by atoms with Crippen molar-refractivity contribution >= 4 is 11.2 Å². The van der Waals surface area contributed by atoms with E-state index in [-0.39, 0.29) is 0 Å². The molecule has 3 rings (SSSR count). The zero-order chi connectivity index (χ0) is 12.5. The number of aromatic nitrogens is 4. The fourth-order valence-corrected chi connectivity index (χ4v) is 1.75. The molecule has 0 aliphatic rings. The Bertz CT molecular complexity index is 707. The first kappa shape index (κ1) is 10.5. The Kier molecular flexibility index (Phi) is 2.33. The average molecular weight is 241 g/mol. The Morgan fingerprint density at radius 2 is 2.22 bits per heavy atom. The molecule has 0 saturated heterocycles. The van der Waals surface area contributed by atoms with Crippen LogP contribution in [0.4, 0.5) is 5.69 Å². The van der Waals surface area contributed by atoms with Gasteiger partial charge in [0.15, 0.2) is 5.82 Å². The molecule has 0 fully saturated rings. The quantitative estimate of drug-likeness (QED) is 0.733. The van der Waals surface area contributed by atoms with Crippen LogP contribution in [0, 0.1) is 0 Å². The van der Waals surface area contributed by atoms with Gasteiger partial charge in [0.25, 0.3) is 0 Å². The smallest absolute Gasteiger partial charge is 0.216 e. The lowest BCUT2D eigenvalue weighted by Gasteiger charge is -2.01. The molecule has 6 nitrogen and oxygen atoms in total. The number of nitrogens with zero attached hydrogens (tertiary/aromatic N) is 4. The maximum atomic E-state index is 5.78. The summed E-state index contributed by atoms with van der Waals surface area (Å²) < 4.78 is 6.82. The predicted molar refractivity (Wildman–Crippen MR) is 67.2 cm³/mol. The van der Waals surface area contributed by atoms with Gasteiger partial charge in [0.2, 0.25) is 5.88 Å². The minimum Gasteiger partial charge on any atom is -0.481 e. The van der Waals surface area contributed by atoms with Crippen LogP contribution in [0.3, 0.4) is 0 Å². The molecule has 0 saturated carbocycles. The first-order valence-corrected chi connectivity index (χ1v) is 5.38. The summed E-state index contributed by atoms with van der Waals surface area (Å²) in [5, 5.41) is 4.23. The van der Waals surface area contributed by atoms with Crippen molar-refractivity contribution in [3.63, 3.8) is 0 Å². The molecule has 3 aromatic heterocycles. The molecule has 0 aliphatic carbocycles. The second-order valence-electron chi connectivity index (χ2n) is 3.77. The lowest BCUT2D eigenvalue weighted by Crippen LogP contribution is -1.93. The van der Waals surface area contributed by atoms with Crippen LogP contribution in [0.1, 0.15) is 0 Å². The SMILES string of the molecule is COc1ccnc(-c2cnn3ccc(N)cc23)n1. The third-order valence-electron chi connectivity index (χ3n) is 2.63. The second kappa shape index (κ2) is 3.99. The summed E-state index contributed by atoms with van der Waals surface area (Å²) in [6, 6.07) is 5.32. The van der Waals surface area contributed by atoms with Crippen molar-refractivity contribution in [2.45, 2.75) is 0 Å². The summed E-state index contributed by atoms with van der Waals surface area (Å²) in [6.45, 7) is 0. The molecule has 0 aromatic carbocycles. The highest BCUT2D eigenvalue weighted by Gasteiger charge is 2.10. The molecule has 2 N–H and O–H groups in total. The molecule has 0 amide bonds. The molecule has 3 heterocycles. The van der Waals surface area contributed by atoms with E-state index in [1.807, 2.05) is 6.07 Å². The van der Waals surface area contributed by atoms with E-state index in [2.05, 4.69) is 15.1 Å². The molecule has 0 atom stereocenters. The average Bonchev–Trinajstić information content (AvgIpc) is 2.81. The number of methoxy groups -OCH3 is 1. The van der Waals surface area contributed by atoms with Gasteiger partial charge in [0, 0.05) is 24.1 Å². The van der Waals surface area contributed by atoms with Crippen molar-refractivity contribution in [1.82, 2.24) is 19.6 Å². The molecule has 6 heteroatoms. The summed E-state index contributed by atoms with van der Waals surface area (Å²) in [5.41, 5.74) is 8.14. The lowest BCUT2D eigenvalue weighted by molar-refractivity contribution is 0.397. The van der Waals surface area contributed by atoms with Gasteiger partial charge in [-0.25, -0.2) is 9.50 Å². The number of fused-ring (bicyclic) bond motifs is 1. The summed E-state index contributed by atoms with van der Waals surface area (Å²) in [7, 11) is 1.57. The van der Waals surface area contributed by atoms with Gasteiger partial charge < -0.3 is 10.5 Å². The highest BCUT2D eigenvalue weighted by atomic mass is 16.5. The van der Waals surface area contributed by atoms with Crippen LogP contribution in [0.15, 0.2) is 36.8 Å². The molecule has 3 aromatic rings. The first-order valence-electron chi connectivity index (χ1n) is 5.38. The van der Waals surface area contributed by atoms with E-state index in [0.717, 1.165) is 11.1 Å². The van der Waals surface area contributed by atoms with Crippen molar-refractivity contribution in [3.8, 4) is 17.3 Å². The van der Waals surface area contributed by atoms with E-state index >= 15 is 0 Å². The van der Waals surface area contributed by atoms with Crippen LogP contribution in [-0.2, 0) is 0 Å². The summed E-state index contributed by atoms with van der Waals surface area (Å²) in [4.78, 5) is 8.51. The van der Waals surface area contributed by atoms with Crippen LogP contribution >= 0.6 is 0 Å². The Balaban J connectivity index is 2.21. The zero-order valence-corrected chi connectivity index (χ0v) is 9.74. The van der Waals surface area contributed by atoms with Gasteiger partial charge in [0.1, 0.15) is 0 Å². The van der Waals surface area contributed by atoms with Gasteiger partial charge in [-0.1, -0.05) is 0 Å². The minimum absolute atomic E-state index is 0.517. The van der Waals surface area contributed by atoms with Crippen LogP contribution in [0.5, 0.6) is 5.88 Å². The lowest BCUT2D eigenvalue weighted by atomic mass is 10.2. The van der Waals surface area contributed by atoms with Crippen molar-refractivity contribution < 1.29 is 4.74 Å². The van der Waals surface area contributed by atoms with Gasteiger partial charge in [-0.05, 0) is 12.1 Å². The number of rotatable bonds is 2. The normalized spacial score (nSPS) is 10.7. The van der Waals surface area contributed by atoms with Crippen molar-refractivity contribution in [2.75, 3.05) is 12.8 Å². The maximum Gasteiger partial charge on any atom is 0.216 e. The van der Waals surface area contributed by atoms with E-state index in [1.54, 1.807) is 42.3 Å². The molecule has 0 radical (unpaired) electrons. The van der Waals surface area contributed by atoms with Crippen molar-refractivity contribution in [1.29, 1.82) is 0 Å². The summed E-state index contributed by atoms with van der Waals surface area (Å²) >= 11 is 0. The van der Waals surface area contributed by atoms with Gasteiger partial charge in [-0.2, -0.15) is 10.1 Å². The van der Waals surface area contributed by atoms with E-state index in [9.17, 15) is 0 Å². The number of ether oxygens (including phenoxy) is 1. The molecular formula is C12H11N5O. The van der Waals surface area contributed by atoms with E-state index in [0.29, 0.717) is 17.4 Å². The van der Waals surface area contributed by atoms with Gasteiger partial charge in [-0.3, -0.25) is 0 Å². The van der Waals surface area contributed by atoms with Gasteiger partial charge in [0.05, 0.1) is 24.4 Å². The Morgan fingerprint density at radius 3 is 3.06 bits per heavy atom. The predicted octanol–water partition coefficient (Wildman–Crippen LogP) is 1.38. The van der Waals surface area contributed by atoms with Crippen LogP contribution in [-0.4, -0.2) is 26.7 Å². The largest absolute Gasteiger partial charge is 0.481 e. The first-order chi connectivity index (χ1) is 8.78. The van der Waals surface area contributed by atoms with Gasteiger partial charge >= 0.3 is 0 Å². The zero-order valence-electron chi connectivity index (χ0n) is 9.74. The number of hydrogen-bond acceptors (Lipinski definition) is 5. The Morgan fingerprint density at radius 1 is 1.33 bits per heavy atom. The van der Waals surface area contributed by atoms with Gasteiger partial charge in [-0.15, -0.1) is 0 Å². The molecule has 0 spiro atoms. The fourth-order valence-electron chi connectivity index (χ4n) is 1.75. The number of hydrogen-bond donors (Lipinski definition) is 1. The van der Waals surface area contributed by atoms with E-state index in [4.69, 9.17) is 10.5 Å². The monoisotopic (exact) mass is 241 g/mol. The third kappa shape index (κ3) is 1.64. The summed E-state index contributed by atoms with van der Waals surface area (Å²) in [6.07, 6.45) is 5.16. The highest BCUT2D eigenvalue weighted by molar-refractivity contribution is 5.77. The molecule has 0 bridgehead atoms. The van der Waals surface area contributed by atoms with Crippen LogP contribution < -0.4 is 10.5 Å². The minimum atomic E-state index is 0.517. The topological polar surface area (TPSA) is 78.3 Å². The molecule has 90 valence electrons. The molecule has 0 aliphatic heterocycles. The summed E-state index contributed by atoms with van der Waals surface area (Å²) in [5.74, 6) is 1.08. The standard InChI is InChI=1S/C12H11N5O/c1-18-11-2-4-14-12(16-11)9-7-15-17-5-3-8(13)6-10(9)17/h2-7H,13H2,1H3. The molecular weight excluding hydrogens is 230 g/mol. The molecule has 0 unspecified atom stereocenters. The van der Waals surface area contributed by atoms with E-state index < -0.39 is 0 Å². The van der Waals surface area contributed by atoms with Crippen molar-refractivity contribution in [3.05, 3.63) is 36.8 Å². The Hall–Kier alpha value is -2.63. The van der Waals surface area contributed by atoms with Crippen LogP contribution in [0.25, 0.3) is 16.9 Å². The number of pyridine rings is 1. The molecule has 18 heavy (non-hydrogen) atoms. The number of anilines is 1. The number of nitrogens with two attached hydrogens (primary N) is 1. The fraction of sp³-hybridized carbons (Fsp3) is 0.0833.